The Balaban J connectivity index is 1.72. The molecule has 1 heterocycles. The molecule has 0 amide bonds. The number of H-pyrrole nitrogens is 1. The standard InChI is InChI=1S/C19H36N2S2/c1-2-3-4-5-6-7-8-9-10-11-12-13-14-15-16-17-18-20-21-19(22)23-18/h2-17H2,1H3,(H,21,22). The monoisotopic (exact) mass is 356 g/mol. The van der Waals surface area contributed by atoms with Crippen LogP contribution in [0.4, 0.5) is 0 Å². The Labute approximate surface area is 152 Å². The van der Waals surface area contributed by atoms with Gasteiger partial charge in [0.15, 0.2) is 3.95 Å². The smallest absolute Gasteiger partial charge is 0.176 e. The molecule has 0 unspecified atom stereocenters. The van der Waals surface area contributed by atoms with E-state index in [-0.39, 0.29) is 0 Å². The number of nitrogens with zero attached hydrogens (tertiary/aromatic N) is 1. The third-order valence-electron chi connectivity index (χ3n) is 4.48. The van der Waals surface area contributed by atoms with Crippen LogP contribution in [0.3, 0.4) is 0 Å². The molecule has 0 aliphatic rings. The van der Waals surface area contributed by atoms with E-state index in [1.807, 2.05) is 0 Å². The van der Waals surface area contributed by atoms with E-state index in [0.717, 1.165) is 10.4 Å². The summed E-state index contributed by atoms with van der Waals surface area (Å²) in [6.45, 7) is 2.29. The number of aromatic amines is 1. The minimum absolute atomic E-state index is 0.806. The first-order chi connectivity index (χ1) is 11.3. The van der Waals surface area contributed by atoms with Crippen LogP contribution in [0, 0.1) is 3.95 Å². The Hall–Kier alpha value is -0.220. The molecule has 23 heavy (non-hydrogen) atoms. The molecule has 0 fully saturated rings. The molecule has 0 atom stereocenters. The van der Waals surface area contributed by atoms with Crippen molar-refractivity contribution in [1.29, 1.82) is 0 Å². The molecular weight excluding hydrogens is 320 g/mol. The summed E-state index contributed by atoms with van der Waals surface area (Å²) in [5, 5.41) is 8.23. The summed E-state index contributed by atoms with van der Waals surface area (Å²) in [4.78, 5) is 0. The van der Waals surface area contributed by atoms with Crippen molar-refractivity contribution in [3.63, 3.8) is 0 Å². The van der Waals surface area contributed by atoms with E-state index in [2.05, 4.69) is 17.1 Å². The maximum Gasteiger partial charge on any atom is 0.176 e. The highest BCUT2D eigenvalue weighted by atomic mass is 32.1. The Bertz CT molecular complexity index is 412. The highest BCUT2D eigenvalue weighted by Gasteiger charge is 1.98. The summed E-state index contributed by atoms with van der Waals surface area (Å²) in [5.74, 6) is 0. The number of nitrogens with one attached hydrogen (secondary N) is 1. The van der Waals surface area contributed by atoms with Gasteiger partial charge < -0.3 is 0 Å². The molecule has 0 saturated heterocycles. The fourth-order valence-electron chi connectivity index (χ4n) is 3.02. The van der Waals surface area contributed by atoms with Gasteiger partial charge >= 0.3 is 0 Å². The summed E-state index contributed by atoms with van der Waals surface area (Å²) in [5.41, 5.74) is 0. The van der Waals surface area contributed by atoms with E-state index in [9.17, 15) is 0 Å². The summed E-state index contributed by atoms with van der Waals surface area (Å²) in [6, 6.07) is 0. The first-order valence-electron chi connectivity index (χ1n) is 9.87. The minimum Gasteiger partial charge on any atom is -0.258 e. The van der Waals surface area contributed by atoms with Crippen LogP contribution in [0.15, 0.2) is 0 Å². The average molecular weight is 357 g/mol. The Morgan fingerprint density at radius 1 is 0.739 bits per heavy atom. The Kier molecular flexibility index (Phi) is 13.9. The third kappa shape index (κ3) is 12.8. The molecule has 1 aromatic rings. The fraction of sp³-hybridized carbons (Fsp3) is 0.895. The van der Waals surface area contributed by atoms with Crippen molar-refractivity contribution in [2.45, 2.75) is 110 Å². The van der Waals surface area contributed by atoms with Crippen molar-refractivity contribution in [1.82, 2.24) is 10.2 Å². The van der Waals surface area contributed by atoms with Gasteiger partial charge in [0, 0.05) is 6.42 Å². The first-order valence-corrected chi connectivity index (χ1v) is 11.1. The first kappa shape index (κ1) is 20.8. The molecule has 1 rings (SSSR count). The lowest BCUT2D eigenvalue weighted by Gasteiger charge is -2.03. The van der Waals surface area contributed by atoms with Crippen molar-refractivity contribution < 1.29 is 0 Å². The molecule has 134 valence electrons. The van der Waals surface area contributed by atoms with Gasteiger partial charge in [-0.05, 0) is 18.6 Å². The second-order valence-corrected chi connectivity index (χ2v) is 8.46. The van der Waals surface area contributed by atoms with Crippen LogP contribution in [-0.4, -0.2) is 10.2 Å². The third-order valence-corrected chi connectivity index (χ3v) is 5.63. The van der Waals surface area contributed by atoms with Crippen LogP contribution in [0.1, 0.15) is 108 Å². The number of hydrogen-bond acceptors (Lipinski definition) is 3. The zero-order valence-corrected chi connectivity index (χ0v) is 16.7. The second-order valence-electron chi connectivity index (χ2n) is 6.71. The van der Waals surface area contributed by atoms with Crippen molar-refractivity contribution in [3.8, 4) is 0 Å². The molecule has 0 saturated carbocycles. The summed E-state index contributed by atoms with van der Waals surface area (Å²) in [6.07, 6.45) is 22.3. The van der Waals surface area contributed by atoms with E-state index in [4.69, 9.17) is 12.2 Å². The normalized spacial score (nSPS) is 11.2. The van der Waals surface area contributed by atoms with Gasteiger partial charge in [0.1, 0.15) is 5.01 Å². The minimum atomic E-state index is 0.806. The molecule has 0 spiro atoms. The molecule has 0 radical (unpaired) electrons. The molecule has 1 N–H and O–H groups in total. The summed E-state index contributed by atoms with van der Waals surface area (Å²) < 4.78 is 0.806. The lowest BCUT2D eigenvalue weighted by atomic mass is 10.0. The maximum atomic E-state index is 5.04. The van der Waals surface area contributed by atoms with Crippen LogP contribution >= 0.6 is 23.6 Å². The SMILES string of the molecule is CCCCCCCCCCCCCCCCCc1n[nH]c(=S)s1. The molecule has 4 heteroatoms. The van der Waals surface area contributed by atoms with Gasteiger partial charge in [-0.2, -0.15) is 5.10 Å². The zero-order chi connectivity index (χ0) is 16.6. The summed E-state index contributed by atoms with van der Waals surface area (Å²) >= 11 is 6.67. The van der Waals surface area contributed by atoms with Gasteiger partial charge in [-0.25, -0.2) is 0 Å². The maximum absolute atomic E-state index is 5.04. The van der Waals surface area contributed by atoms with Gasteiger partial charge in [-0.3, -0.25) is 5.10 Å². The fourth-order valence-corrected chi connectivity index (χ4v) is 3.99. The van der Waals surface area contributed by atoms with E-state index < -0.39 is 0 Å². The van der Waals surface area contributed by atoms with Crippen molar-refractivity contribution >= 4 is 23.6 Å². The van der Waals surface area contributed by atoms with E-state index in [0.29, 0.717) is 0 Å². The largest absolute Gasteiger partial charge is 0.258 e. The van der Waals surface area contributed by atoms with Crippen molar-refractivity contribution in [2.75, 3.05) is 0 Å². The van der Waals surface area contributed by atoms with Crippen molar-refractivity contribution in [2.24, 2.45) is 0 Å². The van der Waals surface area contributed by atoms with Crippen molar-refractivity contribution in [3.05, 3.63) is 8.96 Å². The average Bonchev–Trinajstić information content (AvgIpc) is 2.96. The van der Waals surface area contributed by atoms with Gasteiger partial charge in [0.05, 0.1) is 0 Å². The lowest BCUT2D eigenvalue weighted by Crippen LogP contribution is -1.86. The molecule has 0 aromatic carbocycles. The summed E-state index contributed by atoms with van der Waals surface area (Å²) in [7, 11) is 0. The number of aromatic nitrogens is 2. The van der Waals surface area contributed by atoms with Gasteiger partial charge in [-0.1, -0.05) is 108 Å². The molecule has 0 bridgehead atoms. The van der Waals surface area contributed by atoms with Gasteiger partial charge in [0.2, 0.25) is 0 Å². The lowest BCUT2D eigenvalue weighted by molar-refractivity contribution is 0.532. The Morgan fingerprint density at radius 3 is 1.57 bits per heavy atom. The molecule has 1 aromatic heterocycles. The molecule has 2 nitrogen and oxygen atoms in total. The van der Waals surface area contributed by atoms with Gasteiger partial charge in [-0.15, -0.1) is 0 Å². The van der Waals surface area contributed by atoms with Crippen LogP contribution in [0.2, 0.25) is 0 Å². The quantitative estimate of drug-likeness (QED) is 0.244. The second kappa shape index (κ2) is 15.3. The zero-order valence-electron chi connectivity index (χ0n) is 15.1. The van der Waals surface area contributed by atoms with E-state index >= 15 is 0 Å². The Morgan fingerprint density at radius 2 is 1.17 bits per heavy atom. The van der Waals surface area contributed by atoms with E-state index in [1.165, 1.54) is 101 Å². The highest BCUT2D eigenvalue weighted by molar-refractivity contribution is 7.73. The number of hydrogen-bond donors (Lipinski definition) is 1. The van der Waals surface area contributed by atoms with Crippen LogP contribution in [0.25, 0.3) is 0 Å². The van der Waals surface area contributed by atoms with Gasteiger partial charge in [0.25, 0.3) is 0 Å². The number of unbranched alkanes of at least 4 members (excludes halogenated alkanes) is 14. The predicted octanol–water partition coefficient (Wildman–Crippen LogP) is 7.61. The number of rotatable bonds is 16. The molecular formula is C19H36N2S2. The highest BCUT2D eigenvalue weighted by Crippen LogP contribution is 2.14. The number of aryl methyl sites for hydroxylation is 1. The topological polar surface area (TPSA) is 28.7 Å². The van der Waals surface area contributed by atoms with Crippen LogP contribution in [-0.2, 0) is 6.42 Å². The predicted molar refractivity (Wildman–Crippen MR) is 106 cm³/mol. The van der Waals surface area contributed by atoms with Crippen LogP contribution in [0.5, 0.6) is 0 Å². The molecule has 0 aliphatic heterocycles. The molecule has 0 aliphatic carbocycles. The van der Waals surface area contributed by atoms with E-state index in [1.54, 1.807) is 11.3 Å². The van der Waals surface area contributed by atoms with Crippen LogP contribution < -0.4 is 0 Å².